The van der Waals surface area contributed by atoms with E-state index in [4.69, 9.17) is 10.5 Å². The molecule has 2 N–H and O–H groups in total. The second kappa shape index (κ2) is 5.25. The Labute approximate surface area is 114 Å². The lowest BCUT2D eigenvalue weighted by Crippen LogP contribution is -2.50. The van der Waals surface area contributed by atoms with E-state index in [1.165, 1.54) is 0 Å². The predicted octanol–water partition coefficient (Wildman–Crippen LogP) is 1.73. The minimum atomic E-state index is -0.276. The zero-order valence-corrected chi connectivity index (χ0v) is 12.0. The number of ether oxygens (including phenoxy) is 1. The summed E-state index contributed by atoms with van der Waals surface area (Å²) in [4.78, 5) is 14.4. The molecule has 1 aromatic heterocycles. The molecule has 5 heteroatoms. The lowest BCUT2D eigenvalue weighted by atomic mass is 10.1. The van der Waals surface area contributed by atoms with Gasteiger partial charge in [0.15, 0.2) is 0 Å². The van der Waals surface area contributed by atoms with Crippen LogP contribution in [0, 0.1) is 0 Å². The van der Waals surface area contributed by atoms with E-state index in [-0.39, 0.29) is 11.5 Å². The van der Waals surface area contributed by atoms with Crippen LogP contribution in [0.5, 0.6) is 0 Å². The molecule has 0 saturated carbocycles. The monoisotopic (exact) mass is 265 g/mol. The van der Waals surface area contributed by atoms with Crippen LogP contribution in [-0.4, -0.2) is 40.7 Å². The molecule has 2 heterocycles. The molecule has 5 nitrogen and oxygen atoms in total. The maximum atomic E-state index is 12.6. The van der Waals surface area contributed by atoms with Crippen molar-refractivity contribution in [2.45, 2.75) is 39.3 Å². The molecule has 106 valence electrons. The standard InChI is InChI=1S/C14H23N3O2/c1-4-5-16-9-11(15)8-12(16)13(18)17-6-7-19-14(2,3)10-17/h8-9H,4-7,10,15H2,1-3H3. The molecule has 0 unspecified atom stereocenters. The number of nitrogens with zero attached hydrogens (tertiary/aromatic N) is 2. The van der Waals surface area contributed by atoms with Crippen LogP contribution in [0.15, 0.2) is 12.3 Å². The maximum Gasteiger partial charge on any atom is 0.270 e. The second-order valence-electron chi connectivity index (χ2n) is 5.69. The first kappa shape index (κ1) is 13.9. The molecule has 1 aliphatic heterocycles. The third-order valence-electron chi connectivity index (χ3n) is 3.31. The van der Waals surface area contributed by atoms with Crippen LogP contribution in [0.4, 0.5) is 5.69 Å². The normalized spacial score (nSPS) is 18.6. The molecule has 0 aromatic carbocycles. The Bertz CT molecular complexity index is 465. The highest BCUT2D eigenvalue weighted by Gasteiger charge is 2.31. The van der Waals surface area contributed by atoms with Crippen LogP contribution in [0.1, 0.15) is 37.7 Å². The van der Waals surface area contributed by atoms with Crippen LogP contribution < -0.4 is 5.73 Å². The van der Waals surface area contributed by atoms with Gasteiger partial charge in [0.1, 0.15) is 5.69 Å². The van der Waals surface area contributed by atoms with Gasteiger partial charge in [-0.05, 0) is 26.3 Å². The van der Waals surface area contributed by atoms with E-state index >= 15 is 0 Å². The molecule has 19 heavy (non-hydrogen) atoms. The number of aryl methyl sites for hydroxylation is 1. The summed E-state index contributed by atoms with van der Waals surface area (Å²) in [5.41, 5.74) is 6.86. The van der Waals surface area contributed by atoms with Gasteiger partial charge in [-0.2, -0.15) is 0 Å². The van der Waals surface area contributed by atoms with Gasteiger partial charge in [0.25, 0.3) is 5.91 Å². The predicted molar refractivity (Wildman–Crippen MR) is 75.1 cm³/mol. The fraction of sp³-hybridized carbons (Fsp3) is 0.643. The molecule has 2 rings (SSSR count). The largest absolute Gasteiger partial charge is 0.397 e. The van der Waals surface area contributed by atoms with Crippen molar-refractivity contribution >= 4 is 11.6 Å². The first-order valence-electron chi connectivity index (χ1n) is 6.82. The molecule has 1 aliphatic rings. The lowest BCUT2D eigenvalue weighted by molar-refractivity contribution is -0.0765. The highest BCUT2D eigenvalue weighted by Crippen LogP contribution is 2.20. The summed E-state index contributed by atoms with van der Waals surface area (Å²) in [6, 6.07) is 1.76. The van der Waals surface area contributed by atoms with Gasteiger partial charge in [0.2, 0.25) is 0 Å². The van der Waals surface area contributed by atoms with Crippen LogP contribution >= 0.6 is 0 Å². The molecule has 1 fully saturated rings. The number of morpholine rings is 1. The quantitative estimate of drug-likeness (QED) is 0.905. The average molecular weight is 265 g/mol. The van der Waals surface area contributed by atoms with Gasteiger partial charge in [-0.25, -0.2) is 0 Å². The van der Waals surface area contributed by atoms with Crippen molar-refractivity contribution in [2.75, 3.05) is 25.4 Å². The number of hydrogen-bond acceptors (Lipinski definition) is 3. The van der Waals surface area contributed by atoms with E-state index < -0.39 is 0 Å². The van der Waals surface area contributed by atoms with Crippen LogP contribution in [0.25, 0.3) is 0 Å². The Morgan fingerprint density at radius 1 is 1.53 bits per heavy atom. The molecule has 1 saturated heterocycles. The number of amides is 1. The summed E-state index contributed by atoms with van der Waals surface area (Å²) in [6.45, 7) is 8.75. The zero-order chi connectivity index (χ0) is 14.0. The van der Waals surface area contributed by atoms with Crippen LogP contribution in [-0.2, 0) is 11.3 Å². The molecular weight excluding hydrogens is 242 g/mol. The minimum Gasteiger partial charge on any atom is -0.397 e. The number of nitrogen functional groups attached to an aromatic ring is 1. The Morgan fingerprint density at radius 2 is 2.26 bits per heavy atom. The third-order valence-corrected chi connectivity index (χ3v) is 3.31. The number of carbonyl (C=O) groups excluding carboxylic acids is 1. The first-order chi connectivity index (χ1) is 8.93. The van der Waals surface area contributed by atoms with E-state index in [0.717, 1.165) is 13.0 Å². The Hall–Kier alpha value is -1.49. The highest BCUT2D eigenvalue weighted by atomic mass is 16.5. The van der Waals surface area contributed by atoms with Gasteiger partial charge in [0.05, 0.1) is 17.9 Å². The fourth-order valence-electron chi connectivity index (χ4n) is 2.49. The van der Waals surface area contributed by atoms with Crippen molar-refractivity contribution < 1.29 is 9.53 Å². The number of aromatic nitrogens is 1. The zero-order valence-electron chi connectivity index (χ0n) is 12.0. The van der Waals surface area contributed by atoms with Gasteiger partial charge < -0.3 is 19.9 Å². The SMILES string of the molecule is CCCn1cc(N)cc1C(=O)N1CCOC(C)(C)C1. The highest BCUT2D eigenvalue weighted by molar-refractivity contribution is 5.94. The van der Waals surface area contributed by atoms with E-state index in [1.54, 1.807) is 6.07 Å². The van der Waals surface area contributed by atoms with Gasteiger partial charge >= 0.3 is 0 Å². The molecule has 1 aromatic rings. The van der Waals surface area contributed by atoms with Crippen molar-refractivity contribution in [3.05, 3.63) is 18.0 Å². The minimum absolute atomic E-state index is 0.0431. The molecule has 0 aliphatic carbocycles. The summed E-state index contributed by atoms with van der Waals surface area (Å²) in [5, 5.41) is 0. The van der Waals surface area contributed by atoms with E-state index in [0.29, 0.717) is 31.1 Å². The molecule has 0 spiro atoms. The van der Waals surface area contributed by atoms with Crippen LogP contribution in [0.3, 0.4) is 0 Å². The molecule has 1 amide bonds. The number of hydrogen-bond donors (Lipinski definition) is 1. The summed E-state index contributed by atoms with van der Waals surface area (Å²) < 4.78 is 7.58. The van der Waals surface area contributed by atoms with Crippen molar-refractivity contribution in [1.82, 2.24) is 9.47 Å². The summed E-state index contributed by atoms with van der Waals surface area (Å²) in [6.07, 6.45) is 2.81. The Morgan fingerprint density at radius 3 is 2.89 bits per heavy atom. The molecular formula is C14H23N3O2. The number of nitrogens with two attached hydrogens (primary N) is 1. The van der Waals surface area contributed by atoms with Gasteiger partial charge in [-0.1, -0.05) is 6.92 Å². The first-order valence-corrected chi connectivity index (χ1v) is 6.82. The Balaban J connectivity index is 2.19. The topological polar surface area (TPSA) is 60.5 Å². The van der Waals surface area contributed by atoms with Gasteiger partial charge in [0, 0.05) is 25.8 Å². The summed E-state index contributed by atoms with van der Waals surface area (Å²) >= 11 is 0. The summed E-state index contributed by atoms with van der Waals surface area (Å²) in [5.74, 6) is 0.0431. The Kier molecular flexibility index (Phi) is 3.85. The van der Waals surface area contributed by atoms with Crippen molar-refractivity contribution in [1.29, 1.82) is 0 Å². The third kappa shape index (κ3) is 3.10. The smallest absolute Gasteiger partial charge is 0.270 e. The van der Waals surface area contributed by atoms with Crippen molar-refractivity contribution in [3.8, 4) is 0 Å². The van der Waals surface area contributed by atoms with E-state index in [2.05, 4.69) is 6.92 Å². The number of carbonyl (C=O) groups is 1. The van der Waals surface area contributed by atoms with Gasteiger partial charge in [-0.3, -0.25) is 4.79 Å². The van der Waals surface area contributed by atoms with E-state index in [1.807, 2.05) is 29.5 Å². The van der Waals surface area contributed by atoms with Gasteiger partial charge in [-0.15, -0.1) is 0 Å². The van der Waals surface area contributed by atoms with Crippen molar-refractivity contribution in [3.63, 3.8) is 0 Å². The lowest BCUT2D eigenvalue weighted by Gasteiger charge is -2.38. The number of anilines is 1. The van der Waals surface area contributed by atoms with Crippen LogP contribution in [0.2, 0.25) is 0 Å². The van der Waals surface area contributed by atoms with Crippen molar-refractivity contribution in [2.24, 2.45) is 0 Å². The molecule has 0 radical (unpaired) electrons. The number of rotatable bonds is 3. The fourth-order valence-corrected chi connectivity index (χ4v) is 2.49. The molecule has 0 bridgehead atoms. The summed E-state index contributed by atoms with van der Waals surface area (Å²) in [7, 11) is 0. The maximum absolute atomic E-state index is 12.6. The average Bonchev–Trinajstić information content (AvgIpc) is 2.68. The van der Waals surface area contributed by atoms with E-state index in [9.17, 15) is 4.79 Å². The molecule has 0 atom stereocenters. The second-order valence-corrected chi connectivity index (χ2v) is 5.69.